The Morgan fingerprint density at radius 2 is 2.06 bits per heavy atom. The van der Waals surface area contributed by atoms with Gasteiger partial charge in [0.05, 0.1) is 6.07 Å². The third kappa shape index (κ3) is 3.58. The molecule has 2 nitrogen and oxygen atoms in total. The first-order valence-electron chi connectivity index (χ1n) is 5.31. The van der Waals surface area contributed by atoms with Gasteiger partial charge in [-0.2, -0.15) is 5.26 Å². The Labute approximate surface area is 118 Å². The first-order valence-corrected chi connectivity index (χ1v) is 6.13. The summed E-state index contributed by atoms with van der Waals surface area (Å²) in [7, 11) is 0. The quantitative estimate of drug-likeness (QED) is 0.677. The first kappa shape index (κ1) is 14.3. The Morgan fingerprint density at radius 3 is 2.71 bits per heavy atom. The molecule has 82 valence electrons. The summed E-state index contributed by atoms with van der Waals surface area (Å²) in [4.78, 5) is 1.95. The molecule has 0 heterocycles. The summed E-state index contributed by atoms with van der Waals surface area (Å²) in [5.41, 5.74) is 0. The van der Waals surface area contributed by atoms with Gasteiger partial charge in [-0.3, -0.25) is 0 Å². The molecule has 0 saturated carbocycles. The fourth-order valence-corrected chi connectivity index (χ4v) is 2.98. The number of benzene rings is 1. The number of hydrogen-bond acceptors (Lipinski definition) is 3. The summed E-state index contributed by atoms with van der Waals surface area (Å²) in [5.74, 6) is 0.372. The van der Waals surface area contributed by atoms with E-state index in [0.29, 0.717) is 12.8 Å². The zero-order valence-electron chi connectivity index (χ0n) is 9.85. The molecule has 1 unspecified atom stereocenters. The van der Waals surface area contributed by atoms with Gasteiger partial charge in [-0.05, 0) is 29.9 Å². The van der Waals surface area contributed by atoms with Gasteiger partial charge in [0.2, 0.25) is 0 Å². The third-order valence-corrected chi connectivity index (χ3v) is 3.96. The third-order valence-electron chi connectivity index (χ3n) is 2.67. The van der Waals surface area contributed by atoms with Crippen LogP contribution in [0.3, 0.4) is 0 Å². The summed E-state index contributed by atoms with van der Waals surface area (Å²) in [5, 5.41) is 20.4. The van der Waals surface area contributed by atoms with E-state index in [-0.39, 0.29) is 30.5 Å². The summed E-state index contributed by atoms with van der Waals surface area (Å²) >= 11 is 1.52. The van der Waals surface area contributed by atoms with Crippen LogP contribution in [0.5, 0.6) is 0 Å². The van der Waals surface area contributed by atoms with Crippen LogP contribution in [0.25, 0.3) is 0 Å². The molecular weight excluding hydrogens is 225 g/mol. The maximum absolute atomic E-state index is 11.7. The summed E-state index contributed by atoms with van der Waals surface area (Å²) in [6.07, 6.45) is 1.89. The van der Waals surface area contributed by atoms with E-state index in [1.807, 2.05) is 30.3 Å². The van der Waals surface area contributed by atoms with Gasteiger partial charge in [-0.15, -0.1) is 5.76 Å². The fourth-order valence-electron chi connectivity index (χ4n) is 1.85. The van der Waals surface area contributed by atoms with Gasteiger partial charge in [0.25, 0.3) is 0 Å². The molecule has 1 aliphatic rings. The first-order chi connectivity index (χ1) is 7.81. The molecule has 17 heavy (non-hydrogen) atoms. The maximum Gasteiger partial charge on any atom is 1.00 e. The van der Waals surface area contributed by atoms with Crippen LogP contribution in [-0.4, -0.2) is 0 Å². The van der Waals surface area contributed by atoms with Gasteiger partial charge in [0.1, 0.15) is 0 Å². The average Bonchev–Trinajstić information content (AvgIpc) is 2.64. The van der Waals surface area contributed by atoms with Crippen molar-refractivity contribution in [3.05, 3.63) is 41.0 Å². The standard InChI is InChI=1S/C13H13NOS.Li/c14-9-8-10-6-7-12(15)13(10)16-11-4-2-1-3-5-11;/h1-5,10,15H,6-8H2;/q;+1/p-1. The molecule has 2 rings (SSSR count). The van der Waals surface area contributed by atoms with Crippen molar-refractivity contribution in [3.8, 4) is 6.07 Å². The van der Waals surface area contributed by atoms with Crippen molar-refractivity contribution in [1.29, 1.82) is 5.26 Å². The molecule has 0 saturated heterocycles. The van der Waals surface area contributed by atoms with E-state index in [1.165, 1.54) is 11.8 Å². The minimum absolute atomic E-state index is 0. The van der Waals surface area contributed by atoms with Crippen molar-refractivity contribution in [1.82, 2.24) is 0 Å². The van der Waals surface area contributed by atoms with Gasteiger partial charge in [-0.1, -0.05) is 30.0 Å². The molecule has 0 fully saturated rings. The van der Waals surface area contributed by atoms with E-state index in [4.69, 9.17) is 5.26 Å². The molecule has 1 aromatic carbocycles. The molecule has 1 aliphatic carbocycles. The van der Waals surface area contributed by atoms with Gasteiger partial charge in [0, 0.05) is 17.2 Å². The Hall–Kier alpha value is -0.803. The predicted octanol–water partition coefficient (Wildman–Crippen LogP) is -0.322. The SMILES string of the molecule is N#CCC1CCC([O-])=C1Sc1ccccc1.[Li+]. The van der Waals surface area contributed by atoms with E-state index in [2.05, 4.69) is 6.07 Å². The van der Waals surface area contributed by atoms with E-state index >= 15 is 0 Å². The molecule has 1 atom stereocenters. The fraction of sp³-hybridized carbons (Fsp3) is 0.308. The second-order valence-electron chi connectivity index (χ2n) is 3.80. The number of rotatable bonds is 3. The Morgan fingerprint density at radius 1 is 1.35 bits per heavy atom. The van der Waals surface area contributed by atoms with Crippen LogP contribution < -0.4 is 24.0 Å². The minimum Gasteiger partial charge on any atom is -0.875 e. The smallest absolute Gasteiger partial charge is 0.875 e. The van der Waals surface area contributed by atoms with Crippen molar-refractivity contribution >= 4 is 11.8 Å². The number of allylic oxidation sites excluding steroid dienone is 2. The summed E-state index contributed by atoms with van der Waals surface area (Å²) in [6.45, 7) is 0. The normalized spacial score (nSPS) is 18.6. The van der Waals surface area contributed by atoms with E-state index in [9.17, 15) is 5.11 Å². The number of nitrogens with zero attached hydrogens (tertiary/aromatic N) is 1. The van der Waals surface area contributed by atoms with Crippen LogP contribution in [-0.2, 0) is 0 Å². The van der Waals surface area contributed by atoms with Crippen molar-refractivity contribution < 1.29 is 24.0 Å². The maximum atomic E-state index is 11.7. The Balaban J connectivity index is 0.00000144. The van der Waals surface area contributed by atoms with E-state index < -0.39 is 0 Å². The van der Waals surface area contributed by atoms with Crippen molar-refractivity contribution in [3.63, 3.8) is 0 Å². The molecule has 0 radical (unpaired) electrons. The second-order valence-corrected chi connectivity index (χ2v) is 4.92. The topological polar surface area (TPSA) is 46.8 Å². The zero-order chi connectivity index (χ0) is 11.4. The number of thioether (sulfide) groups is 1. The van der Waals surface area contributed by atoms with Gasteiger partial charge in [-0.25, -0.2) is 0 Å². The molecule has 4 heteroatoms. The summed E-state index contributed by atoms with van der Waals surface area (Å²) in [6, 6.07) is 12.0. The monoisotopic (exact) mass is 237 g/mol. The molecule has 0 aliphatic heterocycles. The van der Waals surface area contributed by atoms with Crippen molar-refractivity contribution in [2.24, 2.45) is 5.92 Å². The van der Waals surface area contributed by atoms with Crippen LogP contribution in [0, 0.1) is 17.2 Å². The Kier molecular flexibility index (Phi) is 5.72. The average molecular weight is 237 g/mol. The second kappa shape index (κ2) is 6.82. The molecule has 0 spiro atoms. The zero-order valence-corrected chi connectivity index (χ0v) is 10.7. The largest absolute Gasteiger partial charge is 1.00 e. The van der Waals surface area contributed by atoms with Gasteiger partial charge in [0.15, 0.2) is 0 Å². The molecular formula is C13H12LiNOS. The molecule has 0 N–H and O–H groups in total. The number of hydrogen-bond donors (Lipinski definition) is 0. The minimum atomic E-state index is 0. The summed E-state index contributed by atoms with van der Waals surface area (Å²) < 4.78 is 0. The van der Waals surface area contributed by atoms with Crippen molar-refractivity contribution in [2.45, 2.75) is 24.2 Å². The van der Waals surface area contributed by atoms with Crippen molar-refractivity contribution in [2.75, 3.05) is 0 Å². The molecule has 0 aromatic heterocycles. The van der Waals surface area contributed by atoms with Crippen LogP contribution >= 0.6 is 11.8 Å². The molecule has 1 aromatic rings. The van der Waals surface area contributed by atoms with Crippen LogP contribution in [0.2, 0.25) is 0 Å². The van der Waals surface area contributed by atoms with Crippen LogP contribution in [0.4, 0.5) is 0 Å². The van der Waals surface area contributed by atoms with Crippen LogP contribution in [0.1, 0.15) is 19.3 Å². The Bertz CT molecular complexity index is 438. The van der Waals surface area contributed by atoms with Gasteiger partial charge >= 0.3 is 18.9 Å². The predicted molar refractivity (Wildman–Crippen MR) is 62.3 cm³/mol. The van der Waals surface area contributed by atoms with E-state index in [0.717, 1.165) is 16.2 Å². The molecule has 0 amide bonds. The van der Waals surface area contributed by atoms with E-state index in [1.54, 1.807) is 0 Å². The molecule has 0 bridgehead atoms. The van der Waals surface area contributed by atoms with Crippen LogP contribution in [0.15, 0.2) is 45.9 Å². The number of nitriles is 1. The van der Waals surface area contributed by atoms with Gasteiger partial charge < -0.3 is 5.11 Å².